The van der Waals surface area contributed by atoms with Crippen molar-refractivity contribution in [2.75, 3.05) is 49.5 Å². The molecule has 30 heavy (non-hydrogen) atoms. The van der Waals surface area contributed by atoms with Crippen molar-refractivity contribution in [3.05, 3.63) is 58.7 Å². The number of aryl methyl sites for hydroxylation is 2. The fourth-order valence-electron chi connectivity index (χ4n) is 3.64. The molecule has 0 atom stereocenters. The molecule has 1 saturated heterocycles. The normalized spacial score (nSPS) is 14.5. The van der Waals surface area contributed by atoms with Crippen LogP contribution in [0.25, 0.3) is 0 Å². The number of ether oxygens (including phenoxy) is 1. The van der Waals surface area contributed by atoms with Crippen LogP contribution in [0, 0.1) is 13.8 Å². The van der Waals surface area contributed by atoms with Crippen molar-refractivity contribution in [2.24, 2.45) is 0 Å². The first-order valence-electron chi connectivity index (χ1n) is 10.6. The van der Waals surface area contributed by atoms with Crippen molar-refractivity contribution in [1.82, 2.24) is 4.90 Å². The first-order chi connectivity index (χ1) is 14.4. The Hall–Kier alpha value is -2.86. The standard InChI is InChI=1S/C24H31N3O3/c1-5-26-11-13-27(14-12-26)22-10-9-20(24(29)30-6-2)16-21(22)25-23(28)19-8-7-17(3)18(4)15-19/h7-10,15-16H,5-6,11-14H2,1-4H3,(H,25,28). The molecule has 0 aliphatic carbocycles. The molecule has 0 saturated carbocycles. The number of piperazine rings is 1. The van der Waals surface area contributed by atoms with Crippen LogP contribution < -0.4 is 10.2 Å². The summed E-state index contributed by atoms with van der Waals surface area (Å²) in [6, 6.07) is 11.1. The summed E-state index contributed by atoms with van der Waals surface area (Å²) >= 11 is 0. The van der Waals surface area contributed by atoms with Crippen molar-refractivity contribution in [3.63, 3.8) is 0 Å². The van der Waals surface area contributed by atoms with E-state index in [4.69, 9.17) is 4.74 Å². The molecular formula is C24H31N3O3. The molecule has 1 aliphatic heterocycles. The number of carbonyl (C=O) groups excluding carboxylic acids is 2. The average Bonchev–Trinajstić information content (AvgIpc) is 2.76. The highest BCUT2D eigenvalue weighted by molar-refractivity contribution is 6.07. The van der Waals surface area contributed by atoms with Crippen LogP contribution in [0.3, 0.4) is 0 Å². The van der Waals surface area contributed by atoms with Gasteiger partial charge in [0.25, 0.3) is 5.91 Å². The molecule has 1 aliphatic rings. The number of esters is 1. The third-order valence-electron chi connectivity index (χ3n) is 5.69. The van der Waals surface area contributed by atoms with Gasteiger partial charge in [-0.3, -0.25) is 4.79 Å². The monoisotopic (exact) mass is 409 g/mol. The first kappa shape index (κ1) is 21.8. The molecule has 6 heteroatoms. The highest BCUT2D eigenvalue weighted by atomic mass is 16.5. The third-order valence-corrected chi connectivity index (χ3v) is 5.69. The highest BCUT2D eigenvalue weighted by Crippen LogP contribution is 2.29. The molecule has 1 N–H and O–H groups in total. The van der Waals surface area contributed by atoms with Gasteiger partial charge in [0.15, 0.2) is 0 Å². The summed E-state index contributed by atoms with van der Waals surface area (Å²) in [5, 5.41) is 3.03. The molecular weight excluding hydrogens is 378 g/mol. The van der Waals surface area contributed by atoms with Crippen LogP contribution in [-0.2, 0) is 4.74 Å². The molecule has 2 aromatic rings. The zero-order chi connectivity index (χ0) is 21.7. The van der Waals surface area contributed by atoms with E-state index >= 15 is 0 Å². The number of likely N-dealkylation sites (N-methyl/N-ethyl adjacent to an activating group) is 1. The minimum Gasteiger partial charge on any atom is -0.462 e. The minimum atomic E-state index is -0.387. The van der Waals surface area contributed by atoms with Gasteiger partial charge in [0.05, 0.1) is 23.5 Å². The van der Waals surface area contributed by atoms with Gasteiger partial charge in [-0.15, -0.1) is 0 Å². The summed E-state index contributed by atoms with van der Waals surface area (Å²) in [5.74, 6) is -0.575. The maximum atomic E-state index is 13.0. The van der Waals surface area contributed by atoms with E-state index in [1.165, 1.54) is 0 Å². The second-order valence-corrected chi connectivity index (χ2v) is 7.63. The lowest BCUT2D eigenvalue weighted by Gasteiger charge is -2.36. The van der Waals surface area contributed by atoms with Crippen molar-refractivity contribution >= 4 is 23.3 Å². The Labute approximate surface area is 178 Å². The molecule has 0 unspecified atom stereocenters. The number of rotatable bonds is 6. The predicted octanol–water partition coefficient (Wildman–Crippen LogP) is 3.87. The Morgan fingerprint density at radius 3 is 2.27 bits per heavy atom. The number of nitrogens with zero attached hydrogens (tertiary/aromatic N) is 2. The molecule has 0 spiro atoms. The maximum Gasteiger partial charge on any atom is 0.338 e. The zero-order valence-corrected chi connectivity index (χ0v) is 18.3. The molecule has 1 amide bonds. The van der Waals surface area contributed by atoms with Crippen LogP contribution in [0.2, 0.25) is 0 Å². The lowest BCUT2D eigenvalue weighted by molar-refractivity contribution is 0.0526. The van der Waals surface area contributed by atoms with Crippen LogP contribution in [0.15, 0.2) is 36.4 Å². The van der Waals surface area contributed by atoms with E-state index in [1.807, 2.05) is 38.1 Å². The molecule has 0 radical (unpaired) electrons. The molecule has 2 aromatic carbocycles. The van der Waals surface area contributed by atoms with Crippen molar-refractivity contribution in [1.29, 1.82) is 0 Å². The molecule has 0 bridgehead atoms. The van der Waals surface area contributed by atoms with Gasteiger partial charge < -0.3 is 19.9 Å². The van der Waals surface area contributed by atoms with Crippen molar-refractivity contribution < 1.29 is 14.3 Å². The predicted molar refractivity (Wildman–Crippen MR) is 121 cm³/mol. The number of nitrogens with one attached hydrogen (secondary N) is 1. The van der Waals surface area contributed by atoms with Crippen molar-refractivity contribution in [2.45, 2.75) is 27.7 Å². The Kier molecular flexibility index (Phi) is 7.11. The Balaban J connectivity index is 1.90. The zero-order valence-electron chi connectivity index (χ0n) is 18.3. The molecule has 3 rings (SSSR count). The molecule has 1 fully saturated rings. The summed E-state index contributed by atoms with van der Waals surface area (Å²) in [6.07, 6.45) is 0. The quantitative estimate of drug-likeness (QED) is 0.734. The maximum absolute atomic E-state index is 13.0. The van der Waals surface area contributed by atoms with E-state index in [2.05, 4.69) is 22.0 Å². The third kappa shape index (κ3) is 5.00. The lowest BCUT2D eigenvalue weighted by Crippen LogP contribution is -2.46. The van der Waals surface area contributed by atoms with Gasteiger partial charge in [0.1, 0.15) is 0 Å². The summed E-state index contributed by atoms with van der Waals surface area (Å²) < 4.78 is 5.14. The van der Waals surface area contributed by atoms with Gasteiger partial charge in [-0.1, -0.05) is 13.0 Å². The topological polar surface area (TPSA) is 61.9 Å². The summed E-state index contributed by atoms with van der Waals surface area (Å²) in [6.45, 7) is 13.0. The highest BCUT2D eigenvalue weighted by Gasteiger charge is 2.21. The minimum absolute atomic E-state index is 0.187. The molecule has 6 nitrogen and oxygen atoms in total. The fraction of sp³-hybridized carbons (Fsp3) is 0.417. The van der Waals surface area contributed by atoms with Crippen LogP contribution in [0.4, 0.5) is 11.4 Å². The Morgan fingerprint density at radius 2 is 1.63 bits per heavy atom. The van der Waals surface area contributed by atoms with Gasteiger partial charge >= 0.3 is 5.97 Å². The summed E-state index contributed by atoms with van der Waals surface area (Å²) in [7, 11) is 0. The Bertz CT molecular complexity index is 918. The van der Waals surface area contributed by atoms with Crippen LogP contribution in [-0.4, -0.2) is 56.1 Å². The van der Waals surface area contributed by atoms with Gasteiger partial charge in [-0.25, -0.2) is 4.79 Å². The first-order valence-corrected chi connectivity index (χ1v) is 10.6. The molecule has 160 valence electrons. The smallest absolute Gasteiger partial charge is 0.338 e. The number of hydrogen-bond donors (Lipinski definition) is 1. The number of amides is 1. The second-order valence-electron chi connectivity index (χ2n) is 7.63. The van der Waals surface area contributed by atoms with Gasteiger partial charge in [0.2, 0.25) is 0 Å². The van der Waals surface area contributed by atoms with E-state index < -0.39 is 0 Å². The number of hydrogen-bond acceptors (Lipinski definition) is 5. The van der Waals surface area contributed by atoms with Crippen LogP contribution in [0.5, 0.6) is 0 Å². The van der Waals surface area contributed by atoms with Crippen LogP contribution in [0.1, 0.15) is 45.7 Å². The largest absolute Gasteiger partial charge is 0.462 e. The number of benzene rings is 2. The Morgan fingerprint density at radius 1 is 0.933 bits per heavy atom. The van der Waals surface area contributed by atoms with Crippen molar-refractivity contribution in [3.8, 4) is 0 Å². The molecule has 0 aromatic heterocycles. The van der Waals surface area contributed by atoms with E-state index in [0.29, 0.717) is 23.4 Å². The number of anilines is 2. The SMILES string of the molecule is CCOC(=O)c1ccc(N2CCN(CC)CC2)c(NC(=O)c2ccc(C)c(C)c2)c1. The van der Waals surface area contributed by atoms with E-state index in [0.717, 1.165) is 49.5 Å². The lowest BCUT2D eigenvalue weighted by atomic mass is 10.1. The number of carbonyl (C=O) groups is 2. The summed E-state index contributed by atoms with van der Waals surface area (Å²) in [4.78, 5) is 29.9. The average molecular weight is 410 g/mol. The second kappa shape index (κ2) is 9.76. The van der Waals surface area contributed by atoms with Gasteiger partial charge in [0, 0.05) is 31.7 Å². The van der Waals surface area contributed by atoms with E-state index in [1.54, 1.807) is 19.1 Å². The fourth-order valence-corrected chi connectivity index (χ4v) is 3.64. The van der Waals surface area contributed by atoms with Crippen LogP contribution >= 0.6 is 0 Å². The van der Waals surface area contributed by atoms with E-state index in [9.17, 15) is 9.59 Å². The van der Waals surface area contributed by atoms with Gasteiger partial charge in [-0.05, 0) is 68.8 Å². The van der Waals surface area contributed by atoms with Gasteiger partial charge in [-0.2, -0.15) is 0 Å². The summed E-state index contributed by atoms with van der Waals surface area (Å²) in [5.41, 5.74) is 4.80. The van der Waals surface area contributed by atoms with E-state index in [-0.39, 0.29) is 11.9 Å². The molecule has 1 heterocycles.